The molecule has 0 saturated carbocycles. The van der Waals surface area contributed by atoms with E-state index in [0.717, 1.165) is 0 Å². The number of fused-ring (bicyclic) bond motifs is 16. The number of aromatic hydroxyl groups is 8. The Kier molecular flexibility index (Phi) is 55.2. The lowest BCUT2D eigenvalue weighted by Crippen LogP contribution is -2.08. The summed E-state index contributed by atoms with van der Waals surface area (Å²) in [6, 6.07) is 8.95. The van der Waals surface area contributed by atoms with Gasteiger partial charge in [0.05, 0.1) is 39.2 Å². The van der Waals surface area contributed by atoms with Crippen molar-refractivity contribution < 1.29 is 260 Å². The first kappa shape index (κ1) is 137. The highest BCUT2D eigenvalue weighted by molar-refractivity contribution is 7.87. The molecule has 0 atom stereocenters. The number of rotatable bonds is 8. The highest BCUT2D eigenvalue weighted by Crippen LogP contribution is 2.44. The first-order chi connectivity index (χ1) is 43.9. The van der Waals surface area contributed by atoms with E-state index in [1.165, 1.54) is 0 Å². The van der Waals surface area contributed by atoms with Crippen LogP contribution in [-0.2, 0) is 132 Å². The zero-order chi connectivity index (χ0) is 71.4. The molecule has 16 bridgehead atoms. The Morgan fingerprint density at radius 2 is 0.188 bits per heavy atom. The molecule has 680 valence electrons. The summed E-state index contributed by atoms with van der Waals surface area (Å²) in [4.78, 5) is -8.91. The SMILES string of the molecule is O.O.O.O.O.O.O.O.O.O.O.O.O.O.O.O.O.O.O.O.O.O=S(=O)(O)c1cc2c(O)c(c1)Cc1cc(S(=O)(=O)O)cc(c1O)Cc1cc(S(=O)(=O)O)cc(c1O)Cc1cc(S(=O)(=O)O)cc(c1O)Cc1cc(S(=O)(=O)O)cc(c1O)Cc1cc(S(=O)(=O)O)cc(c1O)Cc1cc(S(=O)(=O)O)cc(c1O)Cc1cc(S(=O)(=O)O)cc(c1O)C2. The molecule has 0 saturated heterocycles. The normalized spacial score (nSPS) is 11.6. The van der Waals surface area contributed by atoms with Crippen molar-refractivity contribution in [1.29, 1.82) is 0 Å². The number of phenolic OH excluding ortho intramolecular Hbond substituents is 8. The molecule has 0 aliphatic heterocycles. The van der Waals surface area contributed by atoms with Gasteiger partial charge in [0.15, 0.2) is 0 Å². The van der Waals surface area contributed by atoms with Gasteiger partial charge in [0.2, 0.25) is 0 Å². The summed E-state index contributed by atoms with van der Waals surface area (Å²) in [7, 11) is -43.5. The first-order valence-electron chi connectivity index (χ1n) is 26.4. The van der Waals surface area contributed by atoms with Crippen LogP contribution >= 0.6 is 0 Å². The summed E-state index contributed by atoms with van der Waals surface area (Å²) in [5.74, 6) is -8.46. The molecule has 0 unspecified atom stereocenters. The van der Waals surface area contributed by atoms with Crippen molar-refractivity contribution in [3.05, 3.63) is 186 Å². The summed E-state index contributed by atoms with van der Waals surface area (Å²) in [5, 5.41) is 95.2. The summed E-state index contributed by atoms with van der Waals surface area (Å²) in [5.41, 5.74) is -11.2. The predicted molar refractivity (Wildman–Crippen MR) is 402 cm³/mol. The van der Waals surface area contributed by atoms with Crippen molar-refractivity contribution in [1.82, 2.24) is 0 Å². The lowest BCUT2D eigenvalue weighted by Gasteiger charge is -2.19. The molecule has 0 radical (unpaired) electrons. The molecular formula is C56H90O53S8. The minimum absolute atomic E-state index is 0. The van der Waals surface area contributed by atoms with E-state index in [1.807, 2.05) is 0 Å². The van der Waals surface area contributed by atoms with Crippen molar-refractivity contribution in [3.63, 3.8) is 0 Å². The van der Waals surface area contributed by atoms with Crippen LogP contribution in [0.1, 0.15) is 89.0 Å². The molecule has 1 aliphatic carbocycles. The second-order valence-corrected chi connectivity index (χ2v) is 33.3. The lowest BCUT2D eigenvalue weighted by atomic mass is 9.91. The highest BCUT2D eigenvalue weighted by Gasteiger charge is 2.31. The topological polar surface area (TPSA) is 1260 Å². The zero-order valence-electron chi connectivity index (χ0n) is 58.3. The number of hydrogen-bond acceptors (Lipinski definition) is 24. The molecule has 53 nitrogen and oxygen atoms in total. The average Bonchev–Trinajstić information content (AvgIpc) is 0.776. The van der Waals surface area contributed by atoms with E-state index in [1.54, 1.807) is 0 Å². The maximum Gasteiger partial charge on any atom is 0.294 e. The van der Waals surface area contributed by atoms with Gasteiger partial charge in [-0.25, -0.2) is 0 Å². The molecule has 0 spiro atoms. The van der Waals surface area contributed by atoms with Gasteiger partial charge in [-0.2, -0.15) is 67.3 Å². The van der Waals surface area contributed by atoms with Gasteiger partial charge in [-0.1, -0.05) is 0 Å². The van der Waals surface area contributed by atoms with Crippen LogP contribution < -0.4 is 0 Å². The van der Waals surface area contributed by atoms with Crippen molar-refractivity contribution in [2.24, 2.45) is 0 Å². The number of phenols is 8. The number of benzene rings is 8. The molecule has 0 amide bonds. The van der Waals surface area contributed by atoms with Gasteiger partial charge in [-0.05, 0) is 97.1 Å². The van der Waals surface area contributed by atoms with Gasteiger partial charge in [0, 0.05) is 140 Å². The fourth-order valence-corrected chi connectivity index (χ4v) is 15.5. The second kappa shape index (κ2) is 47.3. The molecular weight excluding hydrogens is 1780 g/mol. The Balaban J connectivity index is -0.000000468. The summed E-state index contributed by atoms with van der Waals surface area (Å²) < 4.78 is 289. The van der Waals surface area contributed by atoms with Gasteiger partial charge < -0.3 is 156 Å². The third-order valence-electron chi connectivity index (χ3n) is 15.4. The van der Waals surface area contributed by atoms with Crippen molar-refractivity contribution in [2.75, 3.05) is 0 Å². The minimum Gasteiger partial charge on any atom is -0.507 e. The third kappa shape index (κ3) is 29.6. The van der Waals surface area contributed by atoms with E-state index < -0.39 is 306 Å². The van der Waals surface area contributed by atoms with Crippen molar-refractivity contribution in [2.45, 2.75) is 90.5 Å². The quantitative estimate of drug-likeness (QED) is 0.0628. The second-order valence-electron chi connectivity index (χ2n) is 21.9. The van der Waals surface area contributed by atoms with E-state index in [0.29, 0.717) is 97.1 Å². The molecule has 0 heterocycles. The predicted octanol–water partition coefficient (Wildman–Crippen LogP) is -13.0. The van der Waals surface area contributed by atoms with Gasteiger partial charge in [0.1, 0.15) is 46.0 Å². The largest absolute Gasteiger partial charge is 0.507 e. The molecule has 0 aromatic heterocycles. The van der Waals surface area contributed by atoms with Gasteiger partial charge in [-0.3, -0.25) is 36.4 Å². The summed E-state index contributed by atoms with van der Waals surface area (Å²) in [6.07, 6.45) is -8.52. The molecule has 9 rings (SSSR count). The Hall–Kier alpha value is -9.40. The van der Waals surface area contributed by atoms with Crippen LogP contribution in [0.4, 0.5) is 0 Å². The average molecular weight is 1870 g/mol. The van der Waals surface area contributed by atoms with Crippen molar-refractivity contribution >= 4 is 80.9 Å². The molecule has 8 aromatic rings. The maximum atomic E-state index is 12.9. The highest BCUT2D eigenvalue weighted by atomic mass is 32.2. The summed E-state index contributed by atoms with van der Waals surface area (Å²) in [6.45, 7) is 0. The van der Waals surface area contributed by atoms with E-state index in [-0.39, 0.29) is 115 Å². The van der Waals surface area contributed by atoms with Crippen LogP contribution in [0.2, 0.25) is 0 Å². The van der Waals surface area contributed by atoms with Crippen LogP contribution in [0.5, 0.6) is 46.0 Å². The van der Waals surface area contributed by atoms with E-state index >= 15 is 0 Å². The fourth-order valence-electron chi connectivity index (χ4n) is 10.8. The molecule has 0 fully saturated rings. The van der Waals surface area contributed by atoms with Crippen LogP contribution in [0.3, 0.4) is 0 Å². The monoisotopic (exact) mass is 1870 g/mol. The Morgan fingerprint density at radius 1 is 0.137 bits per heavy atom. The zero-order valence-corrected chi connectivity index (χ0v) is 64.9. The minimum atomic E-state index is -5.43. The van der Waals surface area contributed by atoms with E-state index in [4.69, 9.17) is 0 Å². The third-order valence-corrected chi connectivity index (χ3v) is 22.0. The standard InChI is InChI=1S/C56H48O32S8.21H2O/c57-49-25-1-26-10-42(90(68,69)70)12-28(50(26)58)3-30-14-44(92(74,75)76)16-32(52(30)60)5-34-18-46(94(80,81)82)20-36(54(34)62)7-38-22-48(96(86,87)88)24-40(56(38)64)8-39-23-47(95(83,84)85)21-37(55(39)63)6-35-19-45(93(77,78)79)17-33(53(35)61)4-31-15-43(91(71,72)73)13-29(51(31)59)2-27(49)11-41(9-25)89(65,66)67;;;;;;;;;;;;;;;;;;;;;/h9-24,57-64H,1-8H2,(H,65,66,67)(H,68,69,70)(H,71,72,73)(H,74,75,76)(H,77,78,79)(H,80,81,82)(H,83,84,85)(H,86,87,88);21*1H2. The van der Waals surface area contributed by atoms with Crippen LogP contribution in [0, 0.1) is 0 Å². The number of hydrogen-bond donors (Lipinski definition) is 16. The first-order valence-corrected chi connectivity index (χ1v) is 38.0. The van der Waals surface area contributed by atoms with Crippen LogP contribution in [0.25, 0.3) is 0 Å². The Morgan fingerprint density at radius 3 is 0.231 bits per heavy atom. The smallest absolute Gasteiger partial charge is 0.294 e. The van der Waals surface area contributed by atoms with Crippen LogP contribution in [0.15, 0.2) is 136 Å². The summed E-state index contributed by atoms with van der Waals surface area (Å²) >= 11 is 0. The van der Waals surface area contributed by atoms with Crippen molar-refractivity contribution in [3.8, 4) is 46.0 Å². The molecule has 61 heteroatoms. The molecule has 117 heavy (non-hydrogen) atoms. The molecule has 1 aliphatic rings. The Bertz CT molecular complexity index is 4470. The van der Waals surface area contributed by atoms with Gasteiger partial charge >= 0.3 is 0 Å². The van der Waals surface area contributed by atoms with Gasteiger partial charge in [0.25, 0.3) is 80.9 Å². The fraction of sp³-hybridized carbons (Fsp3) is 0.143. The van der Waals surface area contributed by atoms with Gasteiger partial charge in [-0.15, -0.1) is 0 Å². The van der Waals surface area contributed by atoms with E-state index in [9.17, 15) is 145 Å². The van der Waals surface area contributed by atoms with E-state index in [2.05, 4.69) is 0 Å². The Labute approximate surface area is 659 Å². The molecule has 58 N–H and O–H groups in total. The van der Waals surface area contributed by atoms with Crippen LogP contribution in [-0.4, -0.2) is 260 Å². The maximum absolute atomic E-state index is 12.9. The molecule has 8 aromatic carbocycles. The lowest BCUT2D eigenvalue weighted by molar-refractivity contribution is 0.450.